The highest BCUT2D eigenvalue weighted by Crippen LogP contribution is 2.42. The molecule has 14 rings (SSSR count). The van der Waals surface area contributed by atoms with Crippen molar-refractivity contribution in [3.63, 3.8) is 0 Å². The van der Waals surface area contributed by atoms with Gasteiger partial charge in [-0.1, -0.05) is 170 Å². The third kappa shape index (κ3) is 6.53. The van der Waals surface area contributed by atoms with Gasteiger partial charge in [-0.2, -0.15) is 9.97 Å². The van der Waals surface area contributed by atoms with E-state index in [2.05, 4.69) is 167 Å². The molecule has 1 aliphatic rings. The molecule has 13 aromatic rings. The standard InChI is InChI=1S/C62H40N8/c1-4-17-41(18-5-1)57-63-58(65-61(64-57)45-31-30-40-29-28-39-16-10-11-23-47(39)51(40)38-45)44-32-34-46(35-33-44)69-52-26-14-12-24-48(52)49-36-37-54-55(56(49)69)50-25-13-15-27-53(50)70(54)62-67-59(42-19-6-2-7-20-42)66-60(68-62)43-21-8-3-9-22-43/h2-4,6-38H,1,5H2. The van der Waals surface area contributed by atoms with Crippen molar-refractivity contribution in [2.24, 2.45) is 0 Å². The van der Waals surface area contributed by atoms with Crippen LogP contribution in [-0.2, 0) is 0 Å². The van der Waals surface area contributed by atoms with Crippen LogP contribution in [0.5, 0.6) is 0 Å². The molecule has 1 aliphatic carbocycles. The number of hydrogen-bond acceptors (Lipinski definition) is 6. The molecule has 0 radical (unpaired) electrons. The summed E-state index contributed by atoms with van der Waals surface area (Å²) in [6.07, 6.45) is 8.51. The number of fused-ring (bicyclic) bond motifs is 10. The zero-order valence-electron chi connectivity index (χ0n) is 37.8. The number of nitrogens with zero attached hydrogens (tertiary/aromatic N) is 8. The highest BCUT2D eigenvalue weighted by molar-refractivity contribution is 6.26. The molecule has 8 nitrogen and oxygen atoms in total. The highest BCUT2D eigenvalue weighted by atomic mass is 15.2. The van der Waals surface area contributed by atoms with Crippen LogP contribution in [0.25, 0.3) is 128 Å². The number of benzene rings is 9. The SMILES string of the molecule is C1=CC(c2nc(-c3ccc(-n4c5ccccc5c5ccc6c(c7ccccc7n6-c6nc(-c7ccccc7)nc(-c7ccccc7)n6)c54)cc3)nc(-c3ccc4ccc5ccccc5c4c3)n2)=CCC1. The molecule has 0 saturated heterocycles. The van der Waals surface area contributed by atoms with Crippen LogP contribution in [0.1, 0.15) is 18.7 Å². The highest BCUT2D eigenvalue weighted by Gasteiger charge is 2.23. The second kappa shape index (κ2) is 16.1. The molecule has 0 N–H and O–H groups in total. The molecule has 0 amide bonds. The average Bonchev–Trinajstić information content (AvgIpc) is 3.96. The minimum Gasteiger partial charge on any atom is -0.309 e. The summed E-state index contributed by atoms with van der Waals surface area (Å²) in [6, 6.07) is 70.0. The lowest BCUT2D eigenvalue weighted by molar-refractivity contribution is 0.953. The maximum absolute atomic E-state index is 5.21. The van der Waals surface area contributed by atoms with Crippen LogP contribution >= 0.6 is 0 Å². The average molecular weight is 897 g/mol. The van der Waals surface area contributed by atoms with Gasteiger partial charge in [-0.15, -0.1) is 0 Å². The fourth-order valence-corrected chi connectivity index (χ4v) is 10.3. The van der Waals surface area contributed by atoms with E-state index in [-0.39, 0.29) is 0 Å². The number of rotatable bonds is 7. The Morgan fingerprint density at radius 1 is 0.343 bits per heavy atom. The fourth-order valence-electron chi connectivity index (χ4n) is 10.3. The minimum absolute atomic E-state index is 0.554. The maximum Gasteiger partial charge on any atom is 0.238 e. The van der Waals surface area contributed by atoms with Crippen molar-refractivity contribution in [1.82, 2.24) is 39.0 Å². The largest absolute Gasteiger partial charge is 0.309 e. The lowest BCUT2D eigenvalue weighted by atomic mass is 9.99. The van der Waals surface area contributed by atoms with Crippen LogP contribution in [-0.4, -0.2) is 39.0 Å². The van der Waals surface area contributed by atoms with Crippen LogP contribution in [0.4, 0.5) is 0 Å². The lowest BCUT2D eigenvalue weighted by Crippen LogP contribution is -2.06. The Morgan fingerprint density at radius 3 is 1.59 bits per heavy atom. The Bertz CT molecular complexity index is 4220. The van der Waals surface area contributed by atoms with E-state index >= 15 is 0 Å². The Balaban J connectivity index is 0.952. The molecule has 0 fully saturated rings. The van der Waals surface area contributed by atoms with E-state index in [0.717, 1.165) is 84.6 Å². The van der Waals surface area contributed by atoms with E-state index in [1.165, 1.54) is 26.9 Å². The molecular weight excluding hydrogens is 857 g/mol. The van der Waals surface area contributed by atoms with Gasteiger partial charge in [-0.3, -0.25) is 4.57 Å². The topological polar surface area (TPSA) is 87.2 Å². The van der Waals surface area contributed by atoms with E-state index in [1.807, 2.05) is 60.7 Å². The maximum atomic E-state index is 5.21. The van der Waals surface area contributed by atoms with Gasteiger partial charge in [0.2, 0.25) is 5.95 Å². The van der Waals surface area contributed by atoms with Crippen molar-refractivity contribution >= 4 is 70.7 Å². The molecule has 0 aliphatic heterocycles. The number of para-hydroxylation sites is 2. The van der Waals surface area contributed by atoms with Gasteiger partial charge in [0, 0.05) is 55.1 Å². The molecule has 70 heavy (non-hydrogen) atoms. The summed E-state index contributed by atoms with van der Waals surface area (Å²) < 4.78 is 4.59. The molecule has 4 heterocycles. The van der Waals surface area contributed by atoms with Crippen LogP contribution in [0, 0.1) is 0 Å². The van der Waals surface area contributed by atoms with Gasteiger partial charge in [-0.25, -0.2) is 19.9 Å². The zero-order valence-corrected chi connectivity index (χ0v) is 37.8. The monoisotopic (exact) mass is 896 g/mol. The van der Waals surface area contributed by atoms with Crippen LogP contribution in [0.3, 0.4) is 0 Å². The van der Waals surface area contributed by atoms with Crippen molar-refractivity contribution in [3.05, 3.63) is 224 Å². The van der Waals surface area contributed by atoms with Gasteiger partial charge in [0.25, 0.3) is 0 Å². The second-order valence-corrected chi connectivity index (χ2v) is 17.8. The van der Waals surface area contributed by atoms with Crippen LogP contribution in [0.15, 0.2) is 218 Å². The number of hydrogen-bond donors (Lipinski definition) is 0. The molecule has 4 aromatic heterocycles. The third-order valence-electron chi connectivity index (χ3n) is 13.6. The van der Waals surface area contributed by atoms with E-state index in [1.54, 1.807) is 0 Å². The van der Waals surface area contributed by atoms with Gasteiger partial charge in [0.1, 0.15) is 0 Å². The smallest absolute Gasteiger partial charge is 0.238 e. The number of allylic oxidation sites excluding steroid dienone is 4. The summed E-state index contributed by atoms with van der Waals surface area (Å²) >= 11 is 0. The molecule has 0 saturated carbocycles. The summed E-state index contributed by atoms with van der Waals surface area (Å²) in [6.45, 7) is 0. The van der Waals surface area contributed by atoms with Gasteiger partial charge in [0.15, 0.2) is 29.1 Å². The van der Waals surface area contributed by atoms with Crippen molar-refractivity contribution in [3.8, 4) is 57.2 Å². The van der Waals surface area contributed by atoms with E-state index in [9.17, 15) is 0 Å². The van der Waals surface area contributed by atoms with Gasteiger partial charge in [-0.05, 0) is 82.9 Å². The van der Waals surface area contributed by atoms with Crippen molar-refractivity contribution in [2.45, 2.75) is 12.8 Å². The fraction of sp³-hybridized carbons (Fsp3) is 0.0323. The first-order chi connectivity index (χ1) is 34.7. The summed E-state index contributed by atoms with van der Waals surface area (Å²) in [4.78, 5) is 30.9. The number of aromatic nitrogens is 8. The van der Waals surface area contributed by atoms with Gasteiger partial charge in [0.05, 0.1) is 22.1 Å². The van der Waals surface area contributed by atoms with Gasteiger partial charge >= 0.3 is 0 Å². The third-order valence-corrected chi connectivity index (χ3v) is 13.6. The molecule has 8 heteroatoms. The van der Waals surface area contributed by atoms with Gasteiger partial charge < -0.3 is 4.57 Å². The van der Waals surface area contributed by atoms with Crippen LogP contribution < -0.4 is 0 Å². The van der Waals surface area contributed by atoms with E-state index in [4.69, 9.17) is 29.9 Å². The Morgan fingerprint density at radius 2 is 0.886 bits per heavy atom. The minimum atomic E-state index is 0.554. The van der Waals surface area contributed by atoms with Crippen molar-refractivity contribution < 1.29 is 0 Å². The predicted molar refractivity (Wildman–Crippen MR) is 285 cm³/mol. The molecule has 0 bridgehead atoms. The first-order valence-electron chi connectivity index (χ1n) is 23.7. The normalized spacial score (nSPS) is 12.8. The van der Waals surface area contributed by atoms with E-state index in [0.29, 0.717) is 35.1 Å². The molecule has 0 spiro atoms. The second-order valence-electron chi connectivity index (χ2n) is 17.8. The van der Waals surface area contributed by atoms with Crippen molar-refractivity contribution in [1.29, 1.82) is 0 Å². The molecule has 9 aromatic carbocycles. The van der Waals surface area contributed by atoms with E-state index < -0.39 is 0 Å². The quantitative estimate of drug-likeness (QED) is 0.148. The summed E-state index contributed by atoms with van der Waals surface area (Å²) in [7, 11) is 0. The zero-order chi connectivity index (χ0) is 46.1. The molecular formula is C62H40N8. The summed E-state index contributed by atoms with van der Waals surface area (Å²) in [5.74, 6) is 3.72. The Labute approximate surface area is 402 Å². The molecule has 0 unspecified atom stereocenters. The molecule has 0 atom stereocenters. The first kappa shape index (κ1) is 39.7. The van der Waals surface area contributed by atoms with Crippen LogP contribution in [0.2, 0.25) is 0 Å². The lowest BCUT2D eigenvalue weighted by Gasteiger charge is -2.13. The Kier molecular flexibility index (Phi) is 9.16. The summed E-state index contributed by atoms with van der Waals surface area (Å²) in [5.41, 5.74) is 9.94. The van der Waals surface area contributed by atoms with Crippen molar-refractivity contribution in [2.75, 3.05) is 0 Å². The summed E-state index contributed by atoms with van der Waals surface area (Å²) in [5, 5.41) is 9.30. The first-order valence-corrected chi connectivity index (χ1v) is 23.7. The Hall–Kier alpha value is -9.40. The molecule has 328 valence electrons. The predicted octanol–water partition coefficient (Wildman–Crippen LogP) is 15.0.